The van der Waals surface area contributed by atoms with Gasteiger partial charge >= 0.3 is 5.97 Å². The summed E-state index contributed by atoms with van der Waals surface area (Å²) in [6.45, 7) is 4.33. The number of hydrogen-bond acceptors (Lipinski definition) is 10. The van der Waals surface area contributed by atoms with E-state index in [1.807, 2.05) is 13.8 Å². The molecule has 1 aliphatic heterocycles. The number of ether oxygens (including phenoxy) is 7. The molecule has 1 fully saturated rings. The van der Waals surface area contributed by atoms with E-state index >= 15 is 0 Å². The lowest BCUT2D eigenvalue weighted by Crippen LogP contribution is -2.58. The van der Waals surface area contributed by atoms with Crippen molar-refractivity contribution in [1.29, 1.82) is 0 Å². The second-order valence-electron chi connectivity index (χ2n) is 9.88. The molecule has 2 amide bonds. The highest BCUT2D eigenvalue weighted by molar-refractivity contribution is 5.97. The molecule has 12 heteroatoms. The summed E-state index contributed by atoms with van der Waals surface area (Å²) in [6.07, 6.45) is 1.28. The average Bonchev–Trinajstić information content (AvgIpc) is 3.05. The zero-order valence-electron chi connectivity index (χ0n) is 26.2. The Morgan fingerprint density at radius 2 is 1.14 bits per heavy atom. The first-order chi connectivity index (χ1) is 20.7. The second-order valence-corrected chi connectivity index (χ2v) is 9.88. The standard InChI is InChI=1S/C31H42N2O10/c1-9-19(10-2)31(36)43-18-22-17-32(29(34)20-13-23(37-3)27(41-7)24(14-20)38-4)11-12-33(22)30(35)21-15-25(39-5)28(42-8)26(16-21)40-6/h13-16,19,22H,9-12,17-18H2,1-8H3/t22-/m1/s1. The molecule has 0 bridgehead atoms. The van der Waals surface area contributed by atoms with Gasteiger partial charge in [-0.25, -0.2) is 0 Å². The molecule has 0 unspecified atom stereocenters. The van der Waals surface area contributed by atoms with Crippen molar-refractivity contribution >= 4 is 17.8 Å². The summed E-state index contributed by atoms with van der Waals surface area (Å²) >= 11 is 0. The summed E-state index contributed by atoms with van der Waals surface area (Å²) in [7, 11) is 8.86. The highest BCUT2D eigenvalue weighted by atomic mass is 16.5. The molecule has 236 valence electrons. The van der Waals surface area contributed by atoms with E-state index in [1.54, 1.807) is 34.1 Å². The van der Waals surface area contributed by atoms with Crippen LogP contribution < -0.4 is 28.4 Å². The van der Waals surface area contributed by atoms with Crippen LogP contribution in [0.4, 0.5) is 0 Å². The molecule has 0 saturated carbocycles. The number of rotatable bonds is 13. The van der Waals surface area contributed by atoms with Crippen LogP contribution in [0.5, 0.6) is 34.5 Å². The van der Waals surface area contributed by atoms with E-state index in [9.17, 15) is 14.4 Å². The largest absolute Gasteiger partial charge is 0.493 e. The predicted molar refractivity (Wildman–Crippen MR) is 158 cm³/mol. The Labute approximate surface area is 252 Å². The zero-order chi connectivity index (χ0) is 31.7. The lowest BCUT2D eigenvalue weighted by atomic mass is 10.0. The lowest BCUT2D eigenvalue weighted by Gasteiger charge is -2.41. The van der Waals surface area contributed by atoms with E-state index < -0.39 is 6.04 Å². The lowest BCUT2D eigenvalue weighted by molar-refractivity contribution is -0.150. The van der Waals surface area contributed by atoms with E-state index in [0.29, 0.717) is 58.5 Å². The molecule has 1 aliphatic rings. The first-order valence-corrected chi connectivity index (χ1v) is 14.1. The molecule has 0 aliphatic carbocycles. The van der Waals surface area contributed by atoms with Gasteiger partial charge in [-0.15, -0.1) is 0 Å². The fourth-order valence-corrected chi connectivity index (χ4v) is 5.13. The van der Waals surface area contributed by atoms with Gasteiger partial charge in [-0.3, -0.25) is 14.4 Å². The van der Waals surface area contributed by atoms with Gasteiger partial charge < -0.3 is 43.0 Å². The van der Waals surface area contributed by atoms with Crippen molar-refractivity contribution in [3.63, 3.8) is 0 Å². The van der Waals surface area contributed by atoms with Crippen LogP contribution in [0, 0.1) is 5.92 Å². The summed E-state index contributed by atoms with van der Waals surface area (Å²) in [4.78, 5) is 43.6. The second kappa shape index (κ2) is 15.2. The summed E-state index contributed by atoms with van der Waals surface area (Å²) in [5, 5.41) is 0. The Morgan fingerprint density at radius 1 is 0.698 bits per heavy atom. The van der Waals surface area contributed by atoms with Crippen LogP contribution in [0.2, 0.25) is 0 Å². The van der Waals surface area contributed by atoms with Crippen LogP contribution >= 0.6 is 0 Å². The van der Waals surface area contributed by atoms with Crippen LogP contribution in [-0.4, -0.2) is 103 Å². The molecule has 0 spiro atoms. The Balaban J connectivity index is 1.95. The van der Waals surface area contributed by atoms with Crippen LogP contribution in [0.15, 0.2) is 24.3 Å². The van der Waals surface area contributed by atoms with Crippen molar-refractivity contribution in [2.45, 2.75) is 32.7 Å². The molecule has 1 saturated heterocycles. The Bertz CT molecular complexity index is 1240. The van der Waals surface area contributed by atoms with Gasteiger partial charge in [-0.05, 0) is 37.1 Å². The monoisotopic (exact) mass is 602 g/mol. The van der Waals surface area contributed by atoms with Gasteiger partial charge in [0.05, 0.1) is 54.6 Å². The number of methoxy groups -OCH3 is 6. The average molecular weight is 603 g/mol. The fraction of sp³-hybridized carbons (Fsp3) is 0.516. The quantitative estimate of drug-likeness (QED) is 0.314. The van der Waals surface area contributed by atoms with Crippen molar-refractivity contribution in [1.82, 2.24) is 9.80 Å². The SMILES string of the molecule is CCC(CC)C(=O)OC[C@H]1CN(C(=O)c2cc(OC)c(OC)c(OC)c2)CCN1C(=O)c1cc(OC)c(OC)c(OC)c1. The number of esters is 1. The fourth-order valence-electron chi connectivity index (χ4n) is 5.13. The normalized spacial score (nSPS) is 14.7. The topological polar surface area (TPSA) is 122 Å². The van der Waals surface area contributed by atoms with Crippen LogP contribution in [0.3, 0.4) is 0 Å². The Hall–Kier alpha value is -4.35. The minimum atomic E-state index is -0.621. The number of hydrogen-bond donors (Lipinski definition) is 0. The molecule has 2 aromatic rings. The van der Waals surface area contributed by atoms with Gasteiger partial charge in [-0.2, -0.15) is 0 Å². The van der Waals surface area contributed by atoms with Gasteiger partial charge in [-0.1, -0.05) is 13.8 Å². The molecule has 3 rings (SSSR count). The van der Waals surface area contributed by atoms with Crippen molar-refractivity contribution in [3.8, 4) is 34.5 Å². The first kappa shape index (κ1) is 33.2. The zero-order valence-corrected chi connectivity index (χ0v) is 26.2. The third-order valence-corrected chi connectivity index (χ3v) is 7.59. The number of nitrogens with zero attached hydrogens (tertiary/aromatic N) is 2. The van der Waals surface area contributed by atoms with Gasteiger partial charge in [0.25, 0.3) is 11.8 Å². The number of carbonyl (C=O) groups is 3. The van der Waals surface area contributed by atoms with Crippen LogP contribution in [0.25, 0.3) is 0 Å². The van der Waals surface area contributed by atoms with E-state index in [2.05, 4.69) is 0 Å². The third kappa shape index (κ3) is 7.18. The third-order valence-electron chi connectivity index (χ3n) is 7.59. The van der Waals surface area contributed by atoms with E-state index in [0.717, 1.165) is 0 Å². The highest BCUT2D eigenvalue weighted by Crippen LogP contribution is 2.40. The Kier molecular flexibility index (Phi) is 11.7. The summed E-state index contributed by atoms with van der Waals surface area (Å²) < 4.78 is 38.2. The smallest absolute Gasteiger partial charge is 0.308 e. The minimum absolute atomic E-state index is 0.0788. The minimum Gasteiger partial charge on any atom is -0.493 e. The van der Waals surface area contributed by atoms with Crippen molar-refractivity contribution < 1.29 is 47.5 Å². The van der Waals surface area contributed by atoms with E-state index in [4.69, 9.17) is 33.2 Å². The molecule has 43 heavy (non-hydrogen) atoms. The predicted octanol–water partition coefficient (Wildman–Crippen LogP) is 3.68. The van der Waals surface area contributed by atoms with Crippen LogP contribution in [0.1, 0.15) is 47.4 Å². The maximum atomic E-state index is 13.9. The summed E-state index contributed by atoms with van der Waals surface area (Å²) in [5.74, 6) is 0.869. The van der Waals surface area contributed by atoms with Crippen LogP contribution in [-0.2, 0) is 9.53 Å². The summed E-state index contributed by atoms with van der Waals surface area (Å²) in [6, 6.07) is 5.69. The maximum Gasteiger partial charge on any atom is 0.308 e. The molecule has 0 aromatic heterocycles. The molecule has 12 nitrogen and oxygen atoms in total. The van der Waals surface area contributed by atoms with Gasteiger partial charge in [0.15, 0.2) is 23.0 Å². The van der Waals surface area contributed by atoms with Gasteiger partial charge in [0.2, 0.25) is 11.5 Å². The molecule has 1 atom stereocenters. The molecular weight excluding hydrogens is 560 g/mol. The highest BCUT2D eigenvalue weighted by Gasteiger charge is 2.36. The summed E-state index contributed by atoms with van der Waals surface area (Å²) in [5.41, 5.74) is 0.627. The molecule has 0 N–H and O–H groups in total. The molecule has 1 heterocycles. The van der Waals surface area contributed by atoms with Crippen molar-refractivity contribution in [2.75, 3.05) is 68.9 Å². The number of piperazine rings is 1. The first-order valence-electron chi connectivity index (χ1n) is 14.1. The molecular formula is C31H42N2O10. The maximum absolute atomic E-state index is 13.9. The number of benzene rings is 2. The molecule has 2 aromatic carbocycles. The van der Waals surface area contributed by atoms with Gasteiger partial charge in [0, 0.05) is 30.8 Å². The number of carbonyl (C=O) groups excluding carboxylic acids is 3. The van der Waals surface area contributed by atoms with E-state index in [1.165, 1.54) is 42.7 Å². The molecule has 0 radical (unpaired) electrons. The van der Waals surface area contributed by atoms with Gasteiger partial charge in [0.1, 0.15) is 6.61 Å². The Morgan fingerprint density at radius 3 is 1.53 bits per heavy atom. The van der Waals surface area contributed by atoms with Crippen molar-refractivity contribution in [2.24, 2.45) is 5.92 Å². The van der Waals surface area contributed by atoms with E-state index in [-0.39, 0.29) is 49.9 Å². The number of amides is 2. The van der Waals surface area contributed by atoms with Crippen molar-refractivity contribution in [3.05, 3.63) is 35.4 Å².